The second-order valence-corrected chi connectivity index (χ2v) is 7.29. The van der Waals surface area contributed by atoms with Gasteiger partial charge in [0.1, 0.15) is 5.82 Å². The maximum Gasteiger partial charge on any atom is 0.325 e. The molecule has 3 aromatic rings. The number of benzene rings is 2. The van der Waals surface area contributed by atoms with Crippen molar-refractivity contribution in [3.8, 4) is 0 Å². The number of nitrogens with zero attached hydrogens (tertiary/aromatic N) is 1. The van der Waals surface area contributed by atoms with Crippen LogP contribution >= 0.6 is 34.5 Å². The van der Waals surface area contributed by atoms with Crippen LogP contribution in [0.3, 0.4) is 0 Å². The first-order valence-corrected chi connectivity index (χ1v) is 9.55. The lowest BCUT2D eigenvalue weighted by Gasteiger charge is -2.06. The largest absolute Gasteiger partial charge is 0.326 e. The fourth-order valence-electron chi connectivity index (χ4n) is 2.21. The van der Waals surface area contributed by atoms with Gasteiger partial charge in [-0.2, -0.15) is 0 Å². The summed E-state index contributed by atoms with van der Waals surface area (Å²) in [6.45, 7) is 0. The zero-order valence-electron chi connectivity index (χ0n) is 14.1. The molecule has 0 radical (unpaired) electrons. The summed E-state index contributed by atoms with van der Waals surface area (Å²) in [7, 11) is 0. The quantitative estimate of drug-likeness (QED) is 0.497. The van der Waals surface area contributed by atoms with E-state index in [0.29, 0.717) is 27.2 Å². The molecule has 3 N–H and O–H groups in total. The molecule has 0 saturated carbocycles. The predicted molar refractivity (Wildman–Crippen MR) is 110 cm³/mol. The second kappa shape index (κ2) is 9.01. The number of amides is 3. The molecule has 28 heavy (non-hydrogen) atoms. The first-order chi connectivity index (χ1) is 13.4. The van der Waals surface area contributed by atoms with E-state index in [1.165, 1.54) is 29.5 Å². The van der Waals surface area contributed by atoms with Crippen molar-refractivity contribution in [2.45, 2.75) is 6.42 Å². The van der Waals surface area contributed by atoms with Gasteiger partial charge in [-0.15, -0.1) is 11.3 Å². The summed E-state index contributed by atoms with van der Waals surface area (Å²) < 4.78 is 13.1. The number of thiazole rings is 1. The van der Waals surface area contributed by atoms with Crippen LogP contribution in [0.15, 0.2) is 47.8 Å². The Morgan fingerprint density at radius 1 is 1.04 bits per heavy atom. The van der Waals surface area contributed by atoms with Crippen LogP contribution in [0, 0.1) is 5.82 Å². The van der Waals surface area contributed by atoms with E-state index in [1.54, 1.807) is 29.6 Å². The van der Waals surface area contributed by atoms with Gasteiger partial charge in [-0.3, -0.25) is 10.1 Å². The molecule has 0 aliphatic carbocycles. The molecule has 2 aromatic carbocycles. The van der Waals surface area contributed by atoms with Crippen LogP contribution in [0.25, 0.3) is 0 Å². The molecule has 144 valence electrons. The number of urea groups is 1. The summed E-state index contributed by atoms with van der Waals surface area (Å²) >= 11 is 12.7. The third-order valence-corrected chi connectivity index (χ3v) is 4.73. The highest BCUT2D eigenvalue weighted by Gasteiger charge is 2.11. The van der Waals surface area contributed by atoms with E-state index in [2.05, 4.69) is 20.9 Å². The lowest BCUT2D eigenvalue weighted by molar-refractivity contribution is -0.115. The van der Waals surface area contributed by atoms with Gasteiger partial charge in [-0.1, -0.05) is 29.3 Å². The van der Waals surface area contributed by atoms with Crippen molar-refractivity contribution >= 4 is 63.0 Å². The van der Waals surface area contributed by atoms with Gasteiger partial charge in [0.25, 0.3) is 0 Å². The molecule has 10 heteroatoms. The van der Waals surface area contributed by atoms with Gasteiger partial charge in [0.2, 0.25) is 5.91 Å². The molecule has 0 atom stereocenters. The summed E-state index contributed by atoms with van der Waals surface area (Å²) in [6.07, 6.45) is -0.0108. The highest BCUT2D eigenvalue weighted by molar-refractivity contribution is 7.14. The van der Waals surface area contributed by atoms with E-state index in [-0.39, 0.29) is 17.4 Å². The van der Waals surface area contributed by atoms with Crippen molar-refractivity contribution < 1.29 is 14.0 Å². The van der Waals surface area contributed by atoms with Gasteiger partial charge in [-0.25, -0.2) is 14.2 Å². The first kappa shape index (κ1) is 20.1. The second-order valence-electron chi connectivity index (χ2n) is 5.59. The predicted octanol–water partition coefficient (Wildman–Crippen LogP) is 5.41. The summed E-state index contributed by atoms with van der Waals surface area (Å²) in [4.78, 5) is 28.3. The molecule has 0 bridgehead atoms. The Kier molecular flexibility index (Phi) is 6.45. The van der Waals surface area contributed by atoms with E-state index < -0.39 is 11.8 Å². The summed E-state index contributed by atoms with van der Waals surface area (Å²) in [5.41, 5.74) is 1.40. The SMILES string of the molecule is O=C(Cc1csc(NC(=O)Nc2cccc(Cl)c2)n1)Nc1ccc(F)c(Cl)c1. The molecule has 1 heterocycles. The Morgan fingerprint density at radius 2 is 1.82 bits per heavy atom. The number of anilines is 3. The number of carbonyl (C=O) groups excluding carboxylic acids is 2. The summed E-state index contributed by atoms with van der Waals surface area (Å²) in [5.74, 6) is -0.908. The van der Waals surface area contributed by atoms with E-state index >= 15 is 0 Å². The summed E-state index contributed by atoms with van der Waals surface area (Å²) in [6, 6.07) is 10.1. The third kappa shape index (κ3) is 5.66. The molecule has 3 rings (SSSR count). The average molecular weight is 439 g/mol. The van der Waals surface area contributed by atoms with Crippen molar-refractivity contribution in [3.63, 3.8) is 0 Å². The van der Waals surface area contributed by atoms with Gasteiger partial charge in [0.05, 0.1) is 17.1 Å². The molecule has 0 aliphatic heterocycles. The van der Waals surface area contributed by atoms with Gasteiger partial charge < -0.3 is 10.6 Å². The van der Waals surface area contributed by atoms with Crippen molar-refractivity contribution in [1.29, 1.82) is 0 Å². The van der Waals surface area contributed by atoms with Crippen LogP contribution in [0.5, 0.6) is 0 Å². The van der Waals surface area contributed by atoms with Crippen molar-refractivity contribution in [2.75, 3.05) is 16.0 Å². The maximum atomic E-state index is 13.1. The van der Waals surface area contributed by atoms with Crippen molar-refractivity contribution in [2.24, 2.45) is 0 Å². The van der Waals surface area contributed by atoms with Crippen molar-refractivity contribution in [1.82, 2.24) is 4.98 Å². The van der Waals surface area contributed by atoms with E-state index in [4.69, 9.17) is 23.2 Å². The Bertz CT molecular complexity index is 1030. The molecule has 0 unspecified atom stereocenters. The van der Waals surface area contributed by atoms with Crippen LogP contribution < -0.4 is 16.0 Å². The highest BCUT2D eigenvalue weighted by atomic mass is 35.5. The van der Waals surface area contributed by atoms with E-state index in [1.807, 2.05) is 0 Å². The van der Waals surface area contributed by atoms with Gasteiger partial charge in [-0.05, 0) is 36.4 Å². The van der Waals surface area contributed by atoms with Crippen molar-refractivity contribution in [3.05, 3.63) is 69.4 Å². The van der Waals surface area contributed by atoms with E-state index in [0.717, 1.165) is 0 Å². The minimum absolute atomic E-state index is 0.0108. The fraction of sp³-hybridized carbons (Fsp3) is 0.0556. The number of hydrogen-bond acceptors (Lipinski definition) is 4. The molecule has 6 nitrogen and oxygen atoms in total. The third-order valence-electron chi connectivity index (χ3n) is 3.40. The van der Waals surface area contributed by atoms with Crippen LogP contribution in [0.4, 0.5) is 25.7 Å². The maximum absolute atomic E-state index is 13.1. The zero-order chi connectivity index (χ0) is 20.1. The molecule has 0 fully saturated rings. The minimum Gasteiger partial charge on any atom is -0.326 e. The van der Waals surface area contributed by atoms with Gasteiger partial charge >= 0.3 is 6.03 Å². The topological polar surface area (TPSA) is 83.1 Å². The number of aromatic nitrogens is 1. The number of hydrogen-bond donors (Lipinski definition) is 3. The van der Waals surface area contributed by atoms with Crippen LogP contribution in [0.2, 0.25) is 10.0 Å². The monoisotopic (exact) mass is 438 g/mol. The smallest absolute Gasteiger partial charge is 0.325 e. The standard InChI is InChI=1S/C18H13Cl2FN4O2S/c19-10-2-1-3-11(6-10)23-17(27)25-18-24-13(9-28-18)8-16(26)22-12-4-5-15(21)14(20)7-12/h1-7,9H,8H2,(H,22,26)(H2,23,24,25,27). The fourth-order valence-corrected chi connectivity index (χ4v) is 3.29. The summed E-state index contributed by atoms with van der Waals surface area (Å²) in [5, 5.41) is 10.3. The lowest BCUT2D eigenvalue weighted by atomic mass is 10.2. The molecule has 0 spiro atoms. The first-order valence-electron chi connectivity index (χ1n) is 7.92. The Balaban J connectivity index is 1.53. The molecule has 0 saturated heterocycles. The molecular weight excluding hydrogens is 426 g/mol. The Morgan fingerprint density at radius 3 is 2.57 bits per heavy atom. The number of nitrogens with one attached hydrogen (secondary N) is 3. The highest BCUT2D eigenvalue weighted by Crippen LogP contribution is 2.21. The Labute approximate surface area is 173 Å². The lowest BCUT2D eigenvalue weighted by Crippen LogP contribution is -2.19. The number of carbonyl (C=O) groups is 2. The van der Waals surface area contributed by atoms with Gasteiger partial charge in [0.15, 0.2) is 5.13 Å². The van der Waals surface area contributed by atoms with Crippen LogP contribution in [-0.2, 0) is 11.2 Å². The molecule has 0 aliphatic rings. The van der Waals surface area contributed by atoms with Crippen LogP contribution in [0.1, 0.15) is 5.69 Å². The average Bonchev–Trinajstić information content (AvgIpc) is 3.04. The molecular formula is C18H13Cl2FN4O2S. The number of rotatable bonds is 5. The molecule has 1 aromatic heterocycles. The molecule has 3 amide bonds. The van der Waals surface area contributed by atoms with Crippen LogP contribution in [-0.4, -0.2) is 16.9 Å². The minimum atomic E-state index is -0.564. The van der Waals surface area contributed by atoms with Gasteiger partial charge in [0, 0.05) is 21.8 Å². The Hall–Kier alpha value is -2.68. The van der Waals surface area contributed by atoms with E-state index in [9.17, 15) is 14.0 Å². The zero-order valence-corrected chi connectivity index (χ0v) is 16.5. The normalized spacial score (nSPS) is 10.4. The number of halogens is 3.